The van der Waals surface area contributed by atoms with Crippen LogP contribution in [0, 0.1) is 0 Å². The minimum Gasteiger partial charge on any atom is -0.394 e. The van der Waals surface area contributed by atoms with E-state index in [1.54, 1.807) is 19.3 Å². The maximum Gasteiger partial charge on any atom is 0.325 e. The molecule has 0 fully saturated rings. The second-order valence-electron chi connectivity index (χ2n) is 2.20. The number of aromatic nitrogens is 2. The fourth-order valence-electron chi connectivity index (χ4n) is 0.766. The number of H-pyrrole nitrogens is 1. The molecule has 10 heavy (non-hydrogen) atoms. The van der Waals surface area contributed by atoms with Crippen LogP contribution in [0.2, 0.25) is 0 Å². The van der Waals surface area contributed by atoms with Crippen LogP contribution in [0.4, 0.5) is 0 Å². The monoisotopic (exact) mass is 142 g/mol. The van der Waals surface area contributed by atoms with Gasteiger partial charge in [-0.2, -0.15) is 0 Å². The Morgan fingerprint density at radius 1 is 1.90 bits per heavy atom. The zero-order valence-corrected chi connectivity index (χ0v) is 5.74. The highest BCUT2D eigenvalue weighted by molar-refractivity contribution is 4.79. The van der Waals surface area contributed by atoms with Crippen molar-refractivity contribution in [3.63, 3.8) is 0 Å². The van der Waals surface area contributed by atoms with E-state index in [9.17, 15) is 4.79 Å². The van der Waals surface area contributed by atoms with Gasteiger partial charge < -0.3 is 10.1 Å². The third-order valence-corrected chi connectivity index (χ3v) is 1.42. The smallest absolute Gasteiger partial charge is 0.325 e. The highest BCUT2D eigenvalue weighted by Gasteiger charge is 2.03. The Hall–Kier alpha value is -1.03. The highest BCUT2D eigenvalue weighted by atomic mass is 16.3. The van der Waals surface area contributed by atoms with E-state index < -0.39 is 0 Å². The zero-order chi connectivity index (χ0) is 7.56. The maximum absolute atomic E-state index is 10.8. The first-order valence-electron chi connectivity index (χ1n) is 3.12. The van der Waals surface area contributed by atoms with Gasteiger partial charge in [-0.25, -0.2) is 4.79 Å². The Morgan fingerprint density at radius 2 is 2.60 bits per heavy atom. The average Bonchev–Trinajstić information content (AvgIpc) is 2.34. The van der Waals surface area contributed by atoms with Crippen LogP contribution in [-0.4, -0.2) is 21.3 Å². The lowest BCUT2D eigenvalue weighted by atomic mass is 10.4. The second kappa shape index (κ2) is 2.70. The first-order chi connectivity index (χ1) is 4.75. The van der Waals surface area contributed by atoms with Crippen LogP contribution < -0.4 is 5.69 Å². The molecule has 0 saturated carbocycles. The molecule has 56 valence electrons. The molecule has 1 aromatic heterocycles. The van der Waals surface area contributed by atoms with E-state index in [1.165, 1.54) is 4.57 Å². The Morgan fingerprint density at radius 3 is 3.00 bits per heavy atom. The fraction of sp³-hybridized carbons (Fsp3) is 0.500. The minimum absolute atomic E-state index is 0.0161. The van der Waals surface area contributed by atoms with Gasteiger partial charge in [0.25, 0.3) is 0 Å². The summed E-state index contributed by atoms with van der Waals surface area (Å²) in [5.41, 5.74) is -0.179. The topological polar surface area (TPSA) is 58.0 Å². The summed E-state index contributed by atoms with van der Waals surface area (Å²) in [5.74, 6) is 0. The molecule has 1 rings (SSSR count). The molecule has 1 atom stereocenters. The molecule has 0 aliphatic rings. The van der Waals surface area contributed by atoms with Crippen LogP contribution in [0.1, 0.15) is 13.0 Å². The van der Waals surface area contributed by atoms with E-state index in [0.29, 0.717) is 0 Å². The maximum atomic E-state index is 10.8. The number of aliphatic hydroxyl groups is 1. The molecule has 0 saturated heterocycles. The number of hydrogen-bond donors (Lipinski definition) is 2. The minimum atomic E-state index is -0.179. The molecule has 1 heterocycles. The van der Waals surface area contributed by atoms with Crippen LogP contribution in [0.3, 0.4) is 0 Å². The first kappa shape index (κ1) is 7.08. The van der Waals surface area contributed by atoms with Gasteiger partial charge in [0.15, 0.2) is 0 Å². The Bertz CT molecular complexity index is 250. The highest BCUT2D eigenvalue weighted by Crippen LogP contribution is 1.97. The Balaban J connectivity index is 2.93. The molecule has 0 radical (unpaired) electrons. The predicted octanol–water partition coefficient (Wildman–Crippen LogP) is -0.270. The summed E-state index contributed by atoms with van der Waals surface area (Å²) < 4.78 is 1.44. The van der Waals surface area contributed by atoms with Crippen molar-refractivity contribution in [3.8, 4) is 0 Å². The van der Waals surface area contributed by atoms with Gasteiger partial charge in [-0.1, -0.05) is 0 Å². The van der Waals surface area contributed by atoms with Gasteiger partial charge in [-0.05, 0) is 6.92 Å². The third-order valence-electron chi connectivity index (χ3n) is 1.42. The quantitative estimate of drug-likeness (QED) is 0.597. The van der Waals surface area contributed by atoms with Crippen molar-refractivity contribution in [1.29, 1.82) is 0 Å². The van der Waals surface area contributed by atoms with Gasteiger partial charge in [0.1, 0.15) is 0 Å². The summed E-state index contributed by atoms with van der Waals surface area (Å²) in [5, 5.41) is 8.66. The third kappa shape index (κ3) is 1.11. The molecule has 0 aromatic carbocycles. The summed E-state index contributed by atoms with van der Waals surface area (Å²) in [4.78, 5) is 13.3. The fourth-order valence-corrected chi connectivity index (χ4v) is 0.766. The SMILES string of the molecule is C[C@H](CO)n1cc[nH]c1=O. The second-order valence-corrected chi connectivity index (χ2v) is 2.20. The molecule has 0 bridgehead atoms. The summed E-state index contributed by atoms with van der Waals surface area (Å²) >= 11 is 0. The number of aliphatic hydroxyl groups excluding tert-OH is 1. The standard InChI is InChI=1S/C6H10N2O2/c1-5(4-9)8-3-2-7-6(8)10/h2-3,5,9H,4H2,1H3,(H,7,10)/t5-/m1/s1. The molecular formula is C6H10N2O2. The number of nitrogens with one attached hydrogen (secondary N) is 1. The summed E-state index contributed by atoms with van der Waals surface area (Å²) in [6, 6.07) is -0.140. The molecule has 0 aliphatic heterocycles. The number of hydrogen-bond acceptors (Lipinski definition) is 2. The van der Waals surface area contributed by atoms with Gasteiger partial charge in [0.05, 0.1) is 12.6 Å². The van der Waals surface area contributed by atoms with Gasteiger partial charge >= 0.3 is 5.69 Å². The molecule has 1 aromatic rings. The molecule has 0 spiro atoms. The number of aromatic amines is 1. The lowest BCUT2D eigenvalue weighted by molar-refractivity contribution is 0.236. The van der Waals surface area contributed by atoms with Crippen molar-refractivity contribution in [3.05, 3.63) is 22.9 Å². The van der Waals surface area contributed by atoms with E-state index >= 15 is 0 Å². The zero-order valence-electron chi connectivity index (χ0n) is 5.74. The lowest BCUT2D eigenvalue weighted by Crippen LogP contribution is -2.21. The predicted molar refractivity (Wildman–Crippen MR) is 36.8 cm³/mol. The molecule has 0 amide bonds. The van der Waals surface area contributed by atoms with Crippen molar-refractivity contribution >= 4 is 0 Å². The van der Waals surface area contributed by atoms with Crippen LogP contribution in [0.5, 0.6) is 0 Å². The normalized spacial score (nSPS) is 13.4. The molecule has 0 aliphatic carbocycles. The first-order valence-corrected chi connectivity index (χ1v) is 3.12. The summed E-state index contributed by atoms with van der Waals surface area (Å²) in [7, 11) is 0. The molecule has 4 nitrogen and oxygen atoms in total. The van der Waals surface area contributed by atoms with Gasteiger partial charge in [0.2, 0.25) is 0 Å². The lowest BCUT2D eigenvalue weighted by Gasteiger charge is -2.06. The molecule has 4 heteroatoms. The molecule has 0 unspecified atom stereocenters. The van der Waals surface area contributed by atoms with E-state index in [-0.39, 0.29) is 18.3 Å². The average molecular weight is 142 g/mol. The summed E-state index contributed by atoms with van der Waals surface area (Å²) in [6.07, 6.45) is 3.16. The number of nitrogens with zero attached hydrogens (tertiary/aromatic N) is 1. The van der Waals surface area contributed by atoms with E-state index in [1.807, 2.05) is 0 Å². The Labute approximate surface area is 58.1 Å². The molecule has 2 N–H and O–H groups in total. The van der Waals surface area contributed by atoms with Gasteiger partial charge in [0, 0.05) is 12.4 Å². The number of rotatable bonds is 2. The van der Waals surface area contributed by atoms with E-state index in [0.717, 1.165) is 0 Å². The van der Waals surface area contributed by atoms with E-state index in [2.05, 4.69) is 4.98 Å². The largest absolute Gasteiger partial charge is 0.394 e. The van der Waals surface area contributed by atoms with Crippen LogP contribution in [0.25, 0.3) is 0 Å². The van der Waals surface area contributed by atoms with Crippen molar-refractivity contribution in [2.24, 2.45) is 0 Å². The van der Waals surface area contributed by atoms with Crippen LogP contribution in [0.15, 0.2) is 17.2 Å². The van der Waals surface area contributed by atoms with Crippen LogP contribution >= 0.6 is 0 Å². The van der Waals surface area contributed by atoms with Crippen molar-refractivity contribution < 1.29 is 5.11 Å². The molecular weight excluding hydrogens is 132 g/mol. The van der Waals surface area contributed by atoms with Crippen molar-refractivity contribution in [2.75, 3.05) is 6.61 Å². The Kier molecular flexibility index (Phi) is 1.91. The van der Waals surface area contributed by atoms with E-state index in [4.69, 9.17) is 5.11 Å². The van der Waals surface area contributed by atoms with Gasteiger partial charge in [-0.15, -0.1) is 0 Å². The van der Waals surface area contributed by atoms with Crippen molar-refractivity contribution in [2.45, 2.75) is 13.0 Å². The van der Waals surface area contributed by atoms with Crippen molar-refractivity contribution in [1.82, 2.24) is 9.55 Å². The van der Waals surface area contributed by atoms with Crippen LogP contribution in [-0.2, 0) is 0 Å². The van der Waals surface area contributed by atoms with Gasteiger partial charge in [-0.3, -0.25) is 4.57 Å². The number of imidazole rings is 1. The summed E-state index contributed by atoms with van der Waals surface area (Å²) in [6.45, 7) is 1.76.